The van der Waals surface area contributed by atoms with E-state index in [9.17, 15) is 0 Å². The number of halogens is 1. The molecule has 0 spiro atoms. The van der Waals surface area contributed by atoms with Gasteiger partial charge in [-0.05, 0) is 38.5 Å². The fraction of sp³-hybridized carbons (Fsp3) is 0.824. The normalized spacial score (nSPS) is 26.8. The molecule has 0 radical (unpaired) electrons. The zero-order valence-electron chi connectivity index (χ0n) is 13.8. The van der Waals surface area contributed by atoms with Crippen molar-refractivity contribution in [1.29, 1.82) is 0 Å². The summed E-state index contributed by atoms with van der Waals surface area (Å²) < 4.78 is 2.05. The number of aryl methyl sites for hydroxylation is 2. The Labute approximate surface area is 134 Å². The second-order valence-corrected chi connectivity index (χ2v) is 7.00. The van der Waals surface area contributed by atoms with Crippen molar-refractivity contribution in [3.8, 4) is 0 Å². The third-order valence-corrected chi connectivity index (χ3v) is 5.56. The number of hydrogen-bond acceptors (Lipinski definition) is 2. The number of nitrogens with zero attached hydrogens (tertiary/aromatic N) is 2. The summed E-state index contributed by atoms with van der Waals surface area (Å²) in [5.74, 6) is 0.855. The summed E-state index contributed by atoms with van der Waals surface area (Å²) in [4.78, 5) is 0. The molecule has 120 valence electrons. The van der Waals surface area contributed by atoms with Gasteiger partial charge in [-0.15, -0.1) is 0 Å². The number of rotatable bonds is 5. The van der Waals surface area contributed by atoms with Gasteiger partial charge in [-0.3, -0.25) is 4.68 Å². The minimum atomic E-state index is -0.106. The van der Waals surface area contributed by atoms with E-state index in [1.165, 1.54) is 25.7 Å². The highest BCUT2D eigenvalue weighted by molar-refractivity contribution is 6.31. The van der Waals surface area contributed by atoms with Crippen molar-refractivity contribution < 1.29 is 0 Å². The van der Waals surface area contributed by atoms with E-state index in [2.05, 4.69) is 30.6 Å². The summed E-state index contributed by atoms with van der Waals surface area (Å²) in [7, 11) is 0. The topological polar surface area (TPSA) is 43.8 Å². The van der Waals surface area contributed by atoms with Gasteiger partial charge in [0.25, 0.3) is 0 Å². The molecule has 2 rings (SSSR count). The van der Waals surface area contributed by atoms with E-state index in [1.807, 2.05) is 0 Å². The molecule has 1 fully saturated rings. The molecule has 1 aliphatic carbocycles. The zero-order valence-corrected chi connectivity index (χ0v) is 14.5. The van der Waals surface area contributed by atoms with E-state index in [4.69, 9.17) is 17.3 Å². The molecule has 1 aromatic rings. The molecule has 1 aromatic heterocycles. The van der Waals surface area contributed by atoms with Crippen LogP contribution >= 0.6 is 11.6 Å². The van der Waals surface area contributed by atoms with Crippen LogP contribution < -0.4 is 5.73 Å². The Bertz CT molecular complexity index is 469. The summed E-state index contributed by atoms with van der Waals surface area (Å²) in [6.45, 7) is 7.39. The van der Waals surface area contributed by atoms with Gasteiger partial charge in [-0.25, -0.2) is 0 Å². The molecule has 3 nitrogen and oxygen atoms in total. The predicted molar refractivity (Wildman–Crippen MR) is 89.8 cm³/mol. The molecule has 2 atom stereocenters. The van der Waals surface area contributed by atoms with Crippen molar-refractivity contribution in [2.45, 2.75) is 84.2 Å². The van der Waals surface area contributed by atoms with Crippen molar-refractivity contribution in [3.63, 3.8) is 0 Å². The van der Waals surface area contributed by atoms with Crippen LogP contribution in [0.2, 0.25) is 5.02 Å². The van der Waals surface area contributed by atoms with Crippen LogP contribution in [0.25, 0.3) is 0 Å². The van der Waals surface area contributed by atoms with Crippen LogP contribution in [0.5, 0.6) is 0 Å². The zero-order chi connectivity index (χ0) is 15.5. The van der Waals surface area contributed by atoms with Gasteiger partial charge in [-0.1, -0.05) is 44.7 Å². The molecule has 0 bridgehead atoms. The minimum Gasteiger partial charge on any atom is -0.325 e. The Morgan fingerprint density at radius 3 is 2.67 bits per heavy atom. The molecule has 2 N–H and O–H groups in total. The first-order chi connectivity index (χ1) is 10.0. The lowest BCUT2D eigenvalue weighted by atomic mass is 9.86. The van der Waals surface area contributed by atoms with Gasteiger partial charge in [-0.2, -0.15) is 5.10 Å². The van der Waals surface area contributed by atoms with Gasteiger partial charge in [0.2, 0.25) is 0 Å². The fourth-order valence-electron chi connectivity index (χ4n) is 3.61. The molecule has 4 heteroatoms. The van der Waals surface area contributed by atoms with Crippen LogP contribution in [0, 0.1) is 5.92 Å². The summed E-state index contributed by atoms with van der Waals surface area (Å²) in [5, 5.41) is 5.47. The summed E-state index contributed by atoms with van der Waals surface area (Å²) in [6.07, 6.45) is 9.07. The fourth-order valence-corrected chi connectivity index (χ4v) is 3.94. The van der Waals surface area contributed by atoms with E-state index < -0.39 is 0 Å². The van der Waals surface area contributed by atoms with Gasteiger partial charge in [0.15, 0.2) is 0 Å². The molecule has 0 amide bonds. The average Bonchev–Trinajstić information content (AvgIpc) is 2.66. The second kappa shape index (κ2) is 7.15. The average molecular weight is 312 g/mol. The van der Waals surface area contributed by atoms with E-state index in [0.717, 1.165) is 54.6 Å². The number of hydrogen-bond donors (Lipinski definition) is 1. The van der Waals surface area contributed by atoms with E-state index in [-0.39, 0.29) is 5.54 Å². The molecule has 0 aliphatic heterocycles. The Morgan fingerprint density at radius 1 is 1.29 bits per heavy atom. The number of aromatic nitrogens is 2. The highest BCUT2D eigenvalue weighted by Crippen LogP contribution is 2.34. The maximum atomic E-state index is 6.75. The molecule has 0 aromatic carbocycles. The highest BCUT2D eigenvalue weighted by atomic mass is 35.5. The van der Waals surface area contributed by atoms with Crippen molar-refractivity contribution in [3.05, 3.63) is 16.4 Å². The van der Waals surface area contributed by atoms with Crippen LogP contribution in [0.4, 0.5) is 0 Å². The van der Waals surface area contributed by atoms with Gasteiger partial charge in [0.05, 0.1) is 16.4 Å². The Balaban J connectivity index is 2.18. The summed E-state index contributed by atoms with van der Waals surface area (Å²) in [5.41, 5.74) is 8.80. The first-order valence-corrected chi connectivity index (χ1v) is 8.93. The van der Waals surface area contributed by atoms with E-state index in [0.29, 0.717) is 0 Å². The van der Waals surface area contributed by atoms with Crippen LogP contribution in [-0.2, 0) is 19.4 Å². The van der Waals surface area contributed by atoms with Gasteiger partial charge in [0, 0.05) is 18.5 Å². The van der Waals surface area contributed by atoms with Crippen molar-refractivity contribution in [2.24, 2.45) is 11.7 Å². The molecular weight excluding hydrogens is 282 g/mol. The van der Waals surface area contributed by atoms with Crippen molar-refractivity contribution in [1.82, 2.24) is 9.78 Å². The monoisotopic (exact) mass is 311 g/mol. The SMILES string of the molecule is CCc1nn(CC)c(CC2(N)CCCC(CC)CC2)c1Cl. The minimum absolute atomic E-state index is 0.106. The maximum Gasteiger partial charge on any atom is 0.0850 e. The van der Waals surface area contributed by atoms with Crippen molar-refractivity contribution in [2.75, 3.05) is 0 Å². The molecule has 2 unspecified atom stereocenters. The third-order valence-electron chi connectivity index (χ3n) is 5.13. The highest BCUT2D eigenvalue weighted by Gasteiger charge is 2.31. The Morgan fingerprint density at radius 2 is 2.05 bits per heavy atom. The number of nitrogens with two attached hydrogens (primary N) is 1. The quantitative estimate of drug-likeness (QED) is 0.822. The van der Waals surface area contributed by atoms with E-state index in [1.54, 1.807) is 0 Å². The van der Waals surface area contributed by atoms with E-state index >= 15 is 0 Å². The molecule has 1 aliphatic rings. The van der Waals surface area contributed by atoms with Crippen molar-refractivity contribution >= 4 is 11.6 Å². The van der Waals surface area contributed by atoms with Crippen LogP contribution in [0.3, 0.4) is 0 Å². The molecule has 0 saturated heterocycles. The smallest absolute Gasteiger partial charge is 0.0850 e. The third kappa shape index (κ3) is 3.81. The first-order valence-electron chi connectivity index (χ1n) is 8.55. The Kier molecular flexibility index (Phi) is 5.73. The first kappa shape index (κ1) is 16.8. The molecular formula is C17H30ClN3. The van der Waals surface area contributed by atoms with Gasteiger partial charge >= 0.3 is 0 Å². The standard InChI is InChI=1S/C17H30ClN3/c1-4-13-8-7-10-17(19,11-9-13)12-15-16(18)14(5-2)20-21(15)6-3/h13H,4-12,19H2,1-3H3. The van der Waals surface area contributed by atoms with Crippen LogP contribution in [0.1, 0.15) is 70.7 Å². The largest absolute Gasteiger partial charge is 0.325 e. The lowest BCUT2D eigenvalue weighted by Crippen LogP contribution is -2.42. The summed E-state index contributed by atoms with van der Waals surface area (Å²) >= 11 is 6.55. The second-order valence-electron chi connectivity index (χ2n) is 6.62. The Hall–Kier alpha value is -0.540. The molecule has 21 heavy (non-hydrogen) atoms. The van der Waals surface area contributed by atoms with Gasteiger partial charge in [0.1, 0.15) is 0 Å². The van der Waals surface area contributed by atoms with Gasteiger partial charge < -0.3 is 5.73 Å². The predicted octanol–water partition coefficient (Wildman–Crippen LogP) is 4.35. The van der Waals surface area contributed by atoms with Crippen LogP contribution in [0.15, 0.2) is 0 Å². The summed E-state index contributed by atoms with van der Waals surface area (Å²) in [6, 6.07) is 0. The molecule has 1 heterocycles. The lowest BCUT2D eigenvalue weighted by molar-refractivity contribution is 0.349. The van der Waals surface area contributed by atoms with Crippen LogP contribution in [-0.4, -0.2) is 15.3 Å². The lowest BCUT2D eigenvalue weighted by Gasteiger charge is -2.28. The molecule has 1 saturated carbocycles. The maximum absolute atomic E-state index is 6.75.